The molecule has 2 nitrogen and oxygen atoms in total. The van der Waals surface area contributed by atoms with Crippen molar-refractivity contribution >= 4 is 5.69 Å². The number of hydrogen-bond donors (Lipinski definition) is 1. The van der Waals surface area contributed by atoms with Gasteiger partial charge in [0.2, 0.25) is 0 Å². The lowest BCUT2D eigenvalue weighted by atomic mass is 10.0. The molecule has 1 aliphatic rings. The predicted molar refractivity (Wildman–Crippen MR) is 101 cm³/mol. The minimum Gasteiger partial charge on any atom is -0.399 e. The number of nitrogens with zero attached hydrogens (tertiary/aromatic N) is 1. The van der Waals surface area contributed by atoms with Crippen molar-refractivity contribution in [1.29, 1.82) is 0 Å². The summed E-state index contributed by atoms with van der Waals surface area (Å²) < 4.78 is 0. The average molecular weight is 303 g/mol. The minimum absolute atomic E-state index is 0.339. The lowest BCUT2D eigenvalue weighted by Gasteiger charge is -2.29. The smallest absolute Gasteiger partial charge is 0.0507 e. The van der Waals surface area contributed by atoms with Gasteiger partial charge in [0.25, 0.3) is 0 Å². The molecular formula is C20H34N2. The third-order valence-corrected chi connectivity index (χ3v) is 3.84. The van der Waals surface area contributed by atoms with Crippen LogP contribution in [-0.4, -0.2) is 17.5 Å². The Balaban J connectivity index is 0.00000102. The number of nitrogens with two attached hydrogens (primary N) is 1. The fourth-order valence-corrected chi connectivity index (χ4v) is 2.52. The highest BCUT2D eigenvalue weighted by atomic mass is 15.2. The van der Waals surface area contributed by atoms with Gasteiger partial charge in [0.1, 0.15) is 0 Å². The molecule has 1 saturated heterocycles. The maximum Gasteiger partial charge on any atom is 0.0507 e. The van der Waals surface area contributed by atoms with Gasteiger partial charge in [-0.05, 0) is 36.5 Å². The Kier molecular flexibility index (Phi) is 10.1. The fourth-order valence-electron chi connectivity index (χ4n) is 2.52. The Morgan fingerprint density at radius 2 is 1.77 bits per heavy atom. The molecule has 0 radical (unpaired) electrons. The number of hydrogen-bond acceptors (Lipinski definition) is 2. The predicted octanol–water partition coefficient (Wildman–Crippen LogP) is 5.27. The van der Waals surface area contributed by atoms with Gasteiger partial charge < -0.3 is 10.6 Å². The summed E-state index contributed by atoms with van der Waals surface area (Å²) in [5, 5.41) is 0. The lowest BCUT2D eigenvalue weighted by Crippen LogP contribution is -2.31. The van der Waals surface area contributed by atoms with E-state index in [9.17, 15) is 0 Å². The van der Waals surface area contributed by atoms with Crippen LogP contribution in [0.1, 0.15) is 46.6 Å². The van der Waals surface area contributed by atoms with Gasteiger partial charge in [0, 0.05) is 17.9 Å². The van der Waals surface area contributed by atoms with Crippen LogP contribution in [0.4, 0.5) is 5.69 Å². The first kappa shape index (κ1) is 20.3. The molecule has 1 fully saturated rings. The summed E-state index contributed by atoms with van der Waals surface area (Å²) >= 11 is 0. The first-order valence-electron chi connectivity index (χ1n) is 8.54. The van der Waals surface area contributed by atoms with Crippen LogP contribution in [0.5, 0.6) is 0 Å². The summed E-state index contributed by atoms with van der Waals surface area (Å²) in [7, 11) is 0. The van der Waals surface area contributed by atoms with E-state index >= 15 is 0 Å². The summed E-state index contributed by atoms with van der Waals surface area (Å²) in [6.45, 7) is 19.5. The molecule has 0 bridgehead atoms. The quantitative estimate of drug-likeness (QED) is 0.606. The van der Waals surface area contributed by atoms with Gasteiger partial charge in [0.05, 0.1) is 6.04 Å². The topological polar surface area (TPSA) is 29.3 Å². The third kappa shape index (κ3) is 5.59. The van der Waals surface area contributed by atoms with E-state index in [0.29, 0.717) is 12.0 Å². The van der Waals surface area contributed by atoms with Gasteiger partial charge in [-0.15, -0.1) is 6.58 Å². The monoisotopic (exact) mass is 302 g/mol. The molecule has 0 aromatic heterocycles. The summed E-state index contributed by atoms with van der Waals surface area (Å²) in [4.78, 5) is 2.38. The van der Waals surface area contributed by atoms with E-state index in [0.717, 1.165) is 18.7 Å². The first-order chi connectivity index (χ1) is 10.6. The third-order valence-electron chi connectivity index (χ3n) is 3.84. The molecule has 0 spiro atoms. The molecule has 2 N–H and O–H groups in total. The second-order valence-electron chi connectivity index (χ2n) is 5.12. The maximum atomic E-state index is 5.71. The highest BCUT2D eigenvalue weighted by Crippen LogP contribution is 2.29. The molecule has 1 aliphatic heterocycles. The van der Waals surface area contributed by atoms with Gasteiger partial charge >= 0.3 is 0 Å². The summed E-state index contributed by atoms with van der Waals surface area (Å²) in [5.41, 5.74) is 9.06. The van der Waals surface area contributed by atoms with Crippen LogP contribution in [0.2, 0.25) is 0 Å². The lowest BCUT2D eigenvalue weighted by molar-refractivity contribution is 0.329. The highest BCUT2D eigenvalue weighted by molar-refractivity contribution is 5.39. The zero-order valence-corrected chi connectivity index (χ0v) is 15.1. The van der Waals surface area contributed by atoms with E-state index in [-0.39, 0.29) is 0 Å². The molecular weight excluding hydrogens is 268 g/mol. The van der Waals surface area contributed by atoms with Crippen molar-refractivity contribution in [2.75, 3.05) is 12.3 Å². The van der Waals surface area contributed by atoms with Crippen molar-refractivity contribution in [1.82, 2.24) is 4.90 Å². The number of likely N-dealkylation sites (tertiary alicyclic amines) is 1. The summed E-state index contributed by atoms with van der Waals surface area (Å²) in [6.07, 6.45) is 4.19. The van der Waals surface area contributed by atoms with Gasteiger partial charge in [-0.1, -0.05) is 59.4 Å². The van der Waals surface area contributed by atoms with Crippen LogP contribution in [0.15, 0.2) is 49.2 Å². The van der Waals surface area contributed by atoms with Crippen LogP contribution in [0.3, 0.4) is 0 Å². The second-order valence-corrected chi connectivity index (χ2v) is 5.12. The summed E-state index contributed by atoms with van der Waals surface area (Å²) in [6, 6.07) is 8.43. The molecule has 22 heavy (non-hydrogen) atoms. The number of anilines is 1. The van der Waals surface area contributed by atoms with E-state index in [1.807, 2.05) is 45.9 Å². The number of benzene rings is 1. The zero-order chi connectivity index (χ0) is 17.1. The molecule has 124 valence electrons. The summed E-state index contributed by atoms with van der Waals surface area (Å²) in [5.74, 6) is 0.596. The average Bonchev–Trinajstić information content (AvgIpc) is 2.90. The number of rotatable bonds is 4. The molecule has 1 aromatic carbocycles. The van der Waals surface area contributed by atoms with Crippen molar-refractivity contribution in [3.8, 4) is 0 Å². The number of allylic oxidation sites excluding steroid dienone is 1. The molecule has 2 heteroatoms. The molecule has 1 aromatic rings. The van der Waals surface area contributed by atoms with E-state index < -0.39 is 0 Å². The maximum absolute atomic E-state index is 5.71. The van der Waals surface area contributed by atoms with Crippen molar-refractivity contribution < 1.29 is 0 Å². The Labute approximate surface area is 137 Å². The van der Waals surface area contributed by atoms with Crippen LogP contribution < -0.4 is 5.73 Å². The Morgan fingerprint density at radius 3 is 2.18 bits per heavy atom. The van der Waals surface area contributed by atoms with E-state index in [4.69, 9.17) is 5.73 Å². The molecule has 2 rings (SSSR count). The normalized spacial score (nSPS) is 17.8. The molecule has 1 heterocycles. The number of nitrogen functional groups attached to an aromatic ring is 1. The molecule has 2 unspecified atom stereocenters. The van der Waals surface area contributed by atoms with Gasteiger partial charge in [-0.25, -0.2) is 0 Å². The Hall–Kier alpha value is -1.70. The molecule has 2 atom stereocenters. The van der Waals surface area contributed by atoms with Crippen molar-refractivity contribution in [3.63, 3.8) is 0 Å². The van der Waals surface area contributed by atoms with E-state index in [1.54, 1.807) is 0 Å². The highest BCUT2D eigenvalue weighted by Gasteiger charge is 2.26. The van der Waals surface area contributed by atoms with E-state index in [1.165, 1.54) is 17.7 Å². The van der Waals surface area contributed by atoms with Crippen LogP contribution in [-0.2, 0) is 6.42 Å². The van der Waals surface area contributed by atoms with Crippen molar-refractivity contribution in [2.24, 2.45) is 5.92 Å². The Morgan fingerprint density at radius 1 is 1.23 bits per heavy atom. The SMILES string of the molecule is C=CC(Cc1ccc(N)cc1)N1CCC(C)C1=C.CC.CC. The second kappa shape index (κ2) is 10.9. The first-order valence-corrected chi connectivity index (χ1v) is 8.54. The Bertz CT molecular complexity index is 434. The van der Waals surface area contributed by atoms with Gasteiger partial charge in [-0.3, -0.25) is 0 Å². The van der Waals surface area contributed by atoms with Crippen LogP contribution in [0.25, 0.3) is 0 Å². The fraction of sp³-hybridized carbons (Fsp3) is 0.500. The minimum atomic E-state index is 0.339. The van der Waals surface area contributed by atoms with Gasteiger partial charge in [-0.2, -0.15) is 0 Å². The van der Waals surface area contributed by atoms with Crippen molar-refractivity contribution in [3.05, 3.63) is 54.8 Å². The van der Waals surface area contributed by atoms with Gasteiger partial charge in [0.15, 0.2) is 0 Å². The molecule has 0 saturated carbocycles. The zero-order valence-electron chi connectivity index (χ0n) is 15.1. The molecule has 0 amide bonds. The van der Waals surface area contributed by atoms with Crippen molar-refractivity contribution in [2.45, 2.75) is 53.5 Å². The van der Waals surface area contributed by atoms with Crippen LogP contribution in [0, 0.1) is 5.92 Å². The molecule has 0 aliphatic carbocycles. The van der Waals surface area contributed by atoms with E-state index in [2.05, 4.69) is 37.1 Å². The largest absolute Gasteiger partial charge is 0.399 e. The van der Waals surface area contributed by atoms with Crippen LogP contribution >= 0.6 is 0 Å². The standard InChI is InChI=1S/C16H22N2.2C2H6/c1-4-16(18-10-9-12(2)13(18)3)11-14-5-7-15(17)8-6-14;2*1-2/h4-8,12,16H,1,3,9-11,17H2,2H3;2*1-2H3.